The van der Waals surface area contributed by atoms with Crippen molar-refractivity contribution >= 4 is 34.0 Å². The summed E-state index contributed by atoms with van der Waals surface area (Å²) in [5.41, 5.74) is 1.31. The van der Waals surface area contributed by atoms with Gasteiger partial charge in [-0.15, -0.1) is 10.2 Å². The highest BCUT2D eigenvalue weighted by Crippen LogP contribution is 2.34. The average Bonchev–Trinajstić information content (AvgIpc) is 2.98. The highest BCUT2D eigenvalue weighted by atomic mass is 32.2. The third-order valence-electron chi connectivity index (χ3n) is 3.68. The fraction of sp³-hybridized carbons (Fsp3) is 0.438. The van der Waals surface area contributed by atoms with Gasteiger partial charge < -0.3 is 5.32 Å². The summed E-state index contributed by atoms with van der Waals surface area (Å²) in [6.45, 7) is 0.839. The van der Waals surface area contributed by atoms with Gasteiger partial charge >= 0.3 is 0 Å². The van der Waals surface area contributed by atoms with Crippen LogP contribution in [-0.4, -0.2) is 27.8 Å². The number of nitrogens with one attached hydrogen (secondary N) is 1. The highest BCUT2D eigenvalue weighted by Gasteiger charge is 2.24. The summed E-state index contributed by atoms with van der Waals surface area (Å²) < 4.78 is 0.891. The van der Waals surface area contributed by atoms with E-state index in [4.69, 9.17) is 0 Å². The molecule has 22 heavy (non-hydrogen) atoms. The molecule has 1 fully saturated rings. The molecule has 4 nitrogen and oxygen atoms in total. The number of anilines is 1. The Labute approximate surface area is 138 Å². The standard InChI is InChI=1S/C16H19N3OS2/c20-13-8-4-5-9-14(13)21-16-19-18-15(22-16)17-11-10-12-6-2-1-3-7-12/h1-3,6-7,14H,4-5,8-11H2,(H,17,18)/t14-/m1/s1. The first kappa shape index (κ1) is 15.5. The first-order valence-electron chi connectivity index (χ1n) is 7.62. The number of hydrogen-bond donors (Lipinski definition) is 1. The van der Waals surface area contributed by atoms with Crippen LogP contribution in [0.1, 0.15) is 31.2 Å². The number of nitrogens with zero attached hydrogens (tertiary/aromatic N) is 2. The predicted molar refractivity (Wildman–Crippen MR) is 91.7 cm³/mol. The number of aromatic nitrogens is 2. The van der Waals surface area contributed by atoms with Gasteiger partial charge in [-0.05, 0) is 24.8 Å². The number of rotatable bonds is 6. The van der Waals surface area contributed by atoms with Crippen molar-refractivity contribution in [2.75, 3.05) is 11.9 Å². The number of Topliss-reactive ketones (excluding diaryl/α,β-unsaturated/α-hetero) is 1. The van der Waals surface area contributed by atoms with Crippen molar-refractivity contribution in [3.05, 3.63) is 35.9 Å². The van der Waals surface area contributed by atoms with Crippen molar-refractivity contribution in [1.82, 2.24) is 10.2 Å². The molecular formula is C16H19N3OS2. The van der Waals surface area contributed by atoms with Crippen molar-refractivity contribution in [2.24, 2.45) is 0 Å². The van der Waals surface area contributed by atoms with Gasteiger partial charge in [-0.25, -0.2) is 0 Å². The molecule has 1 saturated carbocycles. The van der Waals surface area contributed by atoms with Crippen LogP contribution in [-0.2, 0) is 11.2 Å². The predicted octanol–water partition coefficient (Wildman–Crippen LogP) is 3.80. The Bertz CT molecular complexity index is 615. The lowest BCUT2D eigenvalue weighted by Gasteiger charge is -2.17. The van der Waals surface area contributed by atoms with Crippen molar-refractivity contribution in [3.63, 3.8) is 0 Å². The Morgan fingerprint density at radius 2 is 2.09 bits per heavy atom. The number of benzene rings is 1. The van der Waals surface area contributed by atoms with E-state index in [-0.39, 0.29) is 5.25 Å². The fourth-order valence-electron chi connectivity index (χ4n) is 2.48. The summed E-state index contributed by atoms with van der Waals surface area (Å²) in [7, 11) is 0. The maximum atomic E-state index is 11.9. The minimum atomic E-state index is 0.0823. The molecule has 1 aromatic carbocycles. The Balaban J connectivity index is 1.47. The molecule has 1 heterocycles. The summed E-state index contributed by atoms with van der Waals surface area (Å²) in [6, 6.07) is 10.4. The third kappa shape index (κ3) is 4.30. The molecule has 1 atom stereocenters. The Kier molecular flexibility index (Phi) is 5.45. The topological polar surface area (TPSA) is 54.9 Å². The SMILES string of the molecule is O=C1CCCC[C@H]1Sc1nnc(NCCc2ccccc2)s1. The summed E-state index contributed by atoms with van der Waals surface area (Å²) in [6.07, 6.45) is 4.84. The van der Waals surface area contributed by atoms with E-state index in [1.54, 1.807) is 23.1 Å². The normalized spacial score (nSPS) is 18.4. The zero-order valence-corrected chi connectivity index (χ0v) is 14.0. The zero-order valence-electron chi connectivity index (χ0n) is 12.3. The van der Waals surface area contributed by atoms with Gasteiger partial charge in [-0.3, -0.25) is 4.79 Å². The average molecular weight is 333 g/mol. The van der Waals surface area contributed by atoms with E-state index in [1.165, 1.54) is 5.56 Å². The molecular weight excluding hydrogens is 314 g/mol. The maximum Gasteiger partial charge on any atom is 0.206 e. The Morgan fingerprint density at radius 3 is 2.91 bits per heavy atom. The molecule has 1 aliphatic carbocycles. The molecule has 1 N–H and O–H groups in total. The van der Waals surface area contributed by atoms with Crippen LogP contribution < -0.4 is 5.32 Å². The molecule has 0 spiro atoms. The minimum Gasteiger partial charge on any atom is -0.360 e. The highest BCUT2D eigenvalue weighted by molar-refractivity contribution is 8.02. The van der Waals surface area contributed by atoms with Crippen molar-refractivity contribution in [3.8, 4) is 0 Å². The molecule has 1 aromatic heterocycles. The lowest BCUT2D eigenvalue weighted by Crippen LogP contribution is -2.21. The quantitative estimate of drug-likeness (QED) is 0.871. The molecule has 2 aromatic rings. The van der Waals surface area contributed by atoms with Crippen molar-refractivity contribution < 1.29 is 4.79 Å². The van der Waals surface area contributed by atoms with Crippen LogP contribution in [0.15, 0.2) is 34.7 Å². The van der Waals surface area contributed by atoms with Gasteiger partial charge in [0.1, 0.15) is 5.78 Å². The summed E-state index contributed by atoms with van der Waals surface area (Å²) in [5.74, 6) is 0.366. The minimum absolute atomic E-state index is 0.0823. The van der Waals surface area contributed by atoms with E-state index < -0.39 is 0 Å². The number of carbonyl (C=O) groups excluding carboxylic acids is 1. The number of hydrogen-bond acceptors (Lipinski definition) is 6. The van der Waals surface area contributed by atoms with Crippen molar-refractivity contribution in [2.45, 2.75) is 41.7 Å². The van der Waals surface area contributed by atoms with Gasteiger partial charge in [-0.1, -0.05) is 59.9 Å². The smallest absolute Gasteiger partial charge is 0.206 e. The molecule has 0 aliphatic heterocycles. The van der Waals surface area contributed by atoms with E-state index in [0.29, 0.717) is 5.78 Å². The molecule has 116 valence electrons. The van der Waals surface area contributed by atoms with Gasteiger partial charge in [0.2, 0.25) is 5.13 Å². The van der Waals surface area contributed by atoms with Crippen LogP contribution >= 0.6 is 23.1 Å². The monoisotopic (exact) mass is 333 g/mol. The van der Waals surface area contributed by atoms with E-state index in [9.17, 15) is 4.79 Å². The second-order valence-corrected chi connectivity index (χ2v) is 7.78. The second kappa shape index (κ2) is 7.74. The summed E-state index contributed by atoms with van der Waals surface area (Å²) in [4.78, 5) is 11.9. The van der Waals surface area contributed by atoms with Crippen LogP contribution in [0, 0.1) is 0 Å². The first-order valence-corrected chi connectivity index (χ1v) is 9.31. The maximum absolute atomic E-state index is 11.9. The molecule has 0 bridgehead atoms. The fourth-order valence-corrected chi connectivity index (χ4v) is 4.63. The van der Waals surface area contributed by atoms with Crippen LogP contribution in [0.25, 0.3) is 0 Å². The number of ketones is 1. The first-order chi connectivity index (χ1) is 10.8. The van der Waals surface area contributed by atoms with Gasteiger partial charge in [0.05, 0.1) is 5.25 Å². The molecule has 0 unspecified atom stereocenters. The zero-order chi connectivity index (χ0) is 15.2. The molecule has 3 rings (SSSR count). The lowest BCUT2D eigenvalue weighted by molar-refractivity contribution is -0.119. The lowest BCUT2D eigenvalue weighted by atomic mass is 9.99. The summed E-state index contributed by atoms with van der Waals surface area (Å²) >= 11 is 3.12. The van der Waals surface area contributed by atoms with Gasteiger partial charge in [0.15, 0.2) is 4.34 Å². The second-order valence-electron chi connectivity index (χ2n) is 5.35. The molecule has 6 heteroatoms. The molecule has 0 amide bonds. The van der Waals surface area contributed by atoms with Crippen molar-refractivity contribution in [1.29, 1.82) is 0 Å². The van der Waals surface area contributed by atoms with Crippen LogP contribution in [0.2, 0.25) is 0 Å². The van der Waals surface area contributed by atoms with Gasteiger partial charge in [0, 0.05) is 13.0 Å². The molecule has 1 aliphatic rings. The van der Waals surface area contributed by atoms with Crippen LogP contribution in [0.3, 0.4) is 0 Å². The van der Waals surface area contributed by atoms with E-state index in [2.05, 4.69) is 39.8 Å². The van der Waals surface area contributed by atoms with Crippen LogP contribution in [0.4, 0.5) is 5.13 Å². The van der Waals surface area contributed by atoms with Gasteiger partial charge in [0.25, 0.3) is 0 Å². The summed E-state index contributed by atoms with van der Waals surface area (Å²) in [5, 5.41) is 12.6. The largest absolute Gasteiger partial charge is 0.360 e. The van der Waals surface area contributed by atoms with E-state index >= 15 is 0 Å². The van der Waals surface area contributed by atoms with Gasteiger partial charge in [-0.2, -0.15) is 0 Å². The Hall–Kier alpha value is -1.40. The van der Waals surface area contributed by atoms with Crippen LogP contribution in [0.5, 0.6) is 0 Å². The number of thioether (sulfide) groups is 1. The molecule has 0 radical (unpaired) electrons. The Morgan fingerprint density at radius 1 is 1.23 bits per heavy atom. The number of carbonyl (C=O) groups is 1. The van der Waals surface area contributed by atoms with E-state index in [1.807, 2.05) is 6.07 Å². The molecule has 0 saturated heterocycles. The van der Waals surface area contributed by atoms with E-state index in [0.717, 1.165) is 48.1 Å². The third-order valence-corrected chi connectivity index (χ3v) is 5.96.